The quantitative estimate of drug-likeness (QED) is 0.648. The number of ether oxygens (including phenoxy) is 1. The van der Waals surface area contributed by atoms with Crippen molar-refractivity contribution in [1.29, 1.82) is 0 Å². The predicted octanol–water partition coefficient (Wildman–Crippen LogP) is 3.85. The van der Waals surface area contributed by atoms with Gasteiger partial charge in [0, 0.05) is 22.3 Å². The molecule has 3 N–H and O–H groups in total. The molecule has 142 valence electrons. The minimum atomic E-state index is -0.189. The Bertz CT molecular complexity index is 903. The molecule has 0 saturated heterocycles. The first-order chi connectivity index (χ1) is 13.0. The van der Waals surface area contributed by atoms with Gasteiger partial charge in [-0.3, -0.25) is 4.79 Å². The van der Waals surface area contributed by atoms with Crippen molar-refractivity contribution in [3.05, 3.63) is 57.2 Å². The van der Waals surface area contributed by atoms with E-state index in [1.807, 2.05) is 13.0 Å². The van der Waals surface area contributed by atoms with Gasteiger partial charge in [0.15, 0.2) is 0 Å². The minimum absolute atomic E-state index is 0.121. The van der Waals surface area contributed by atoms with Crippen molar-refractivity contribution in [2.24, 2.45) is 11.3 Å². The molecule has 0 aromatic carbocycles. The van der Waals surface area contributed by atoms with Gasteiger partial charge in [0.1, 0.15) is 5.76 Å². The molecule has 0 saturated carbocycles. The van der Waals surface area contributed by atoms with Crippen LogP contribution in [-0.4, -0.2) is 17.7 Å². The fraction of sp³-hybridized carbons (Fsp3) is 0.500. The fourth-order valence-corrected chi connectivity index (χ4v) is 5.56. The smallest absolute Gasteiger partial charge is 0.313 e. The molecule has 5 nitrogen and oxygen atoms in total. The molecular weight excluding hydrogens is 340 g/mol. The number of aliphatic hydroxyl groups is 1. The number of allylic oxidation sites excluding steroid dienone is 8. The van der Waals surface area contributed by atoms with Gasteiger partial charge in [-0.25, -0.2) is 0 Å². The highest BCUT2D eigenvalue weighted by Crippen LogP contribution is 2.55. The van der Waals surface area contributed by atoms with Crippen LogP contribution in [0.25, 0.3) is 0 Å². The number of carbonyl (C=O) groups excluding carboxylic acids is 1. The average Bonchev–Trinajstić information content (AvgIpc) is 3.21. The maximum atomic E-state index is 12.4. The number of hydrogen-bond donors (Lipinski definition) is 3. The summed E-state index contributed by atoms with van der Waals surface area (Å²) in [5.41, 5.74) is 14.6. The van der Waals surface area contributed by atoms with Gasteiger partial charge in [-0.05, 0) is 69.6 Å². The van der Waals surface area contributed by atoms with E-state index in [1.54, 1.807) is 0 Å². The van der Waals surface area contributed by atoms with Crippen LogP contribution >= 0.6 is 0 Å². The van der Waals surface area contributed by atoms with Crippen LogP contribution in [-0.2, 0) is 9.53 Å². The molecule has 0 fully saturated rings. The molecule has 27 heavy (non-hydrogen) atoms. The molecule has 1 aliphatic heterocycles. The first kappa shape index (κ1) is 16.7. The lowest BCUT2D eigenvalue weighted by molar-refractivity contribution is -0.146. The number of fused-ring (bicyclic) bond motifs is 4. The number of rotatable bonds is 2. The van der Waals surface area contributed by atoms with Crippen LogP contribution in [0.3, 0.4) is 0 Å². The number of nitrogens with one attached hydrogen (secondary N) is 2. The molecule has 0 aromatic heterocycles. The van der Waals surface area contributed by atoms with Gasteiger partial charge in [0.2, 0.25) is 0 Å². The summed E-state index contributed by atoms with van der Waals surface area (Å²) >= 11 is 0. The highest BCUT2D eigenvalue weighted by Gasteiger charge is 2.47. The first-order valence-corrected chi connectivity index (χ1v) is 10.1. The van der Waals surface area contributed by atoms with Crippen LogP contribution in [0.15, 0.2) is 57.2 Å². The van der Waals surface area contributed by atoms with E-state index >= 15 is 0 Å². The molecule has 0 bridgehead atoms. The standard InChI is InChI=1S/C22H26N2O3/c1-3-27-21(26)13-8-7-12-10-14-15-11-17(25)16-6-4-5-9-22(16,2)20(15)24-23-19(14)18(12)13/h6,11,13,23-25H,3-5,7-10H2,1-2H3. The van der Waals surface area contributed by atoms with E-state index in [2.05, 4.69) is 23.9 Å². The van der Waals surface area contributed by atoms with Crippen LogP contribution in [0.5, 0.6) is 0 Å². The zero-order valence-electron chi connectivity index (χ0n) is 15.9. The third-order valence-corrected chi connectivity index (χ3v) is 6.84. The highest BCUT2D eigenvalue weighted by atomic mass is 16.5. The molecule has 4 aliphatic carbocycles. The summed E-state index contributed by atoms with van der Waals surface area (Å²) in [7, 11) is 0. The van der Waals surface area contributed by atoms with E-state index in [1.165, 1.54) is 11.1 Å². The van der Waals surface area contributed by atoms with Gasteiger partial charge in [-0.2, -0.15) is 0 Å². The van der Waals surface area contributed by atoms with Crippen LogP contribution in [0, 0.1) is 11.3 Å². The zero-order valence-corrected chi connectivity index (χ0v) is 15.9. The van der Waals surface area contributed by atoms with E-state index in [-0.39, 0.29) is 17.3 Å². The Hall–Kier alpha value is -2.43. The fourth-order valence-electron chi connectivity index (χ4n) is 5.56. The molecular formula is C22H26N2O3. The number of esters is 1. The SMILES string of the molecule is CCOC(=O)C1CCC2=C1C1=C(C2)C2=C(NN1)C1(C)CCCC=C1C(O)=C2. The van der Waals surface area contributed by atoms with Gasteiger partial charge in [-0.1, -0.05) is 11.6 Å². The monoisotopic (exact) mass is 366 g/mol. The molecule has 0 spiro atoms. The van der Waals surface area contributed by atoms with Gasteiger partial charge < -0.3 is 20.7 Å². The molecule has 5 aliphatic rings. The second-order valence-corrected chi connectivity index (χ2v) is 8.30. The van der Waals surface area contributed by atoms with Crippen molar-refractivity contribution in [3.8, 4) is 0 Å². The molecule has 0 aromatic rings. The summed E-state index contributed by atoms with van der Waals surface area (Å²) in [5, 5.41) is 10.7. The summed E-state index contributed by atoms with van der Waals surface area (Å²) in [6.45, 7) is 4.48. The highest BCUT2D eigenvalue weighted by molar-refractivity contribution is 5.81. The zero-order chi connectivity index (χ0) is 18.8. The van der Waals surface area contributed by atoms with Gasteiger partial charge in [0.05, 0.1) is 18.2 Å². The second kappa shape index (κ2) is 5.78. The summed E-state index contributed by atoms with van der Waals surface area (Å²) in [5.74, 6) is 0.0932. The average molecular weight is 366 g/mol. The van der Waals surface area contributed by atoms with Gasteiger partial charge in [-0.15, -0.1) is 0 Å². The van der Waals surface area contributed by atoms with E-state index < -0.39 is 0 Å². The largest absolute Gasteiger partial charge is 0.508 e. The van der Waals surface area contributed by atoms with Crippen molar-refractivity contribution < 1.29 is 14.6 Å². The van der Waals surface area contributed by atoms with Crippen LogP contribution in [0.2, 0.25) is 0 Å². The van der Waals surface area contributed by atoms with Crippen molar-refractivity contribution in [1.82, 2.24) is 10.9 Å². The Morgan fingerprint density at radius 3 is 3.07 bits per heavy atom. The minimum Gasteiger partial charge on any atom is -0.508 e. The van der Waals surface area contributed by atoms with E-state index in [0.717, 1.165) is 66.6 Å². The lowest BCUT2D eigenvalue weighted by Gasteiger charge is -2.43. The Kier molecular flexibility index (Phi) is 3.58. The van der Waals surface area contributed by atoms with Crippen molar-refractivity contribution in [2.45, 2.75) is 52.4 Å². The topological polar surface area (TPSA) is 70.6 Å². The summed E-state index contributed by atoms with van der Waals surface area (Å²) < 4.78 is 5.31. The number of hydrogen-bond acceptors (Lipinski definition) is 5. The molecule has 0 radical (unpaired) electrons. The maximum absolute atomic E-state index is 12.4. The van der Waals surface area contributed by atoms with E-state index in [4.69, 9.17) is 4.74 Å². The van der Waals surface area contributed by atoms with Crippen molar-refractivity contribution >= 4 is 5.97 Å². The lowest BCUT2D eigenvalue weighted by Crippen LogP contribution is -2.45. The molecule has 5 rings (SSSR count). The Morgan fingerprint density at radius 1 is 1.41 bits per heavy atom. The third kappa shape index (κ3) is 2.20. The van der Waals surface area contributed by atoms with Gasteiger partial charge >= 0.3 is 5.97 Å². The van der Waals surface area contributed by atoms with Crippen molar-refractivity contribution in [3.63, 3.8) is 0 Å². The van der Waals surface area contributed by atoms with E-state index in [9.17, 15) is 9.90 Å². The summed E-state index contributed by atoms with van der Waals surface area (Å²) in [4.78, 5) is 12.4. The van der Waals surface area contributed by atoms with Crippen LogP contribution in [0.4, 0.5) is 0 Å². The Balaban J connectivity index is 1.58. The molecule has 0 amide bonds. The first-order valence-electron chi connectivity index (χ1n) is 10.1. The van der Waals surface area contributed by atoms with Crippen LogP contribution < -0.4 is 10.9 Å². The number of carbonyl (C=O) groups is 1. The Labute approximate surface area is 159 Å². The van der Waals surface area contributed by atoms with Gasteiger partial charge in [0.25, 0.3) is 0 Å². The number of hydrazine groups is 1. The lowest BCUT2D eigenvalue weighted by atomic mass is 9.66. The van der Waals surface area contributed by atoms with Crippen LogP contribution in [0.1, 0.15) is 52.4 Å². The number of aliphatic hydroxyl groups excluding tert-OH is 1. The normalized spacial score (nSPS) is 31.3. The molecule has 1 heterocycles. The Morgan fingerprint density at radius 2 is 2.26 bits per heavy atom. The second-order valence-electron chi connectivity index (χ2n) is 8.30. The summed E-state index contributed by atoms with van der Waals surface area (Å²) in [6, 6.07) is 0. The van der Waals surface area contributed by atoms with Crippen molar-refractivity contribution in [2.75, 3.05) is 6.61 Å². The molecule has 5 heteroatoms. The molecule has 2 unspecified atom stereocenters. The third-order valence-electron chi connectivity index (χ3n) is 6.84. The van der Waals surface area contributed by atoms with E-state index in [0.29, 0.717) is 12.4 Å². The maximum Gasteiger partial charge on any atom is 0.313 e. The predicted molar refractivity (Wildman–Crippen MR) is 102 cm³/mol. The summed E-state index contributed by atoms with van der Waals surface area (Å²) in [6.07, 6.45) is 9.88. The molecule has 2 atom stereocenters.